The molecule has 0 spiro atoms. The van der Waals surface area contributed by atoms with Crippen LogP contribution in [0.2, 0.25) is 0 Å². The molecule has 0 unspecified atom stereocenters. The molecule has 0 saturated carbocycles. The van der Waals surface area contributed by atoms with E-state index in [0.717, 1.165) is 11.3 Å². The molecule has 1 N–H and O–H groups in total. The van der Waals surface area contributed by atoms with Crippen molar-refractivity contribution in [3.05, 3.63) is 45.3 Å². The number of nitrogens with one attached hydrogen (secondary N) is 1. The van der Waals surface area contributed by atoms with Gasteiger partial charge < -0.3 is 5.32 Å². The summed E-state index contributed by atoms with van der Waals surface area (Å²) in [6.45, 7) is 4.57. The van der Waals surface area contributed by atoms with Crippen molar-refractivity contribution < 1.29 is 0 Å². The first kappa shape index (κ1) is 11.6. The van der Waals surface area contributed by atoms with E-state index in [1.807, 2.05) is 25.3 Å². The first-order valence-corrected chi connectivity index (χ1v) is 6.28. The van der Waals surface area contributed by atoms with Gasteiger partial charge in [0.2, 0.25) is 0 Å². The van der Waals surface area contributed by atoms with Crippen LogP contribution in [0.1, 0.15) is 22.4 Å². The van der Waals surface area contributed by atoms with E-state index in [1.165, 1.54) is 5.56 Å². The van der Waals surface area contributed by atoms with Gasteiger partial charge in [-0.15, -0.1) is 0 Å². The Kier molecular flexibility index (Phi) is 3.40. The molecule has 3 nitrogen and oxygen atoms in total. The number of pyridine rings is 1. The number of nitrogens with zero attached hydrogens (tertiary/aromatic N) is 2. The Labute approximate surface area is 105 Å². The van der Waals surface area contributed by atoms with Crippen molar-refractivity contribution in [3.8, 4) is 6.07 Å². The average Bonchev–Trinajstić information content (AvgIpc) is 2.78. The fourth-order valence-corrected chi connectivity index (χ4v) is 2.35. The molecule has 0 atom stereocenters. The maximum atomic E-state index is 9.12. The standard InChI is InChI=1S/C13H13N3S/c1-9-5-10(2)16-13(12(9)6-14)15-7-11-3-4-17-8-11/h3-5,8H,7H2,1-2H3,(H,15,16). The number of hydrogen-bond donors (Lipinski definition) is 1. The van der Waals surface area contributed by atoms with Crippen molar-refractivity contribution in [2.45, 2.75) is 20.4 Å². The molecular formula is C13H13N3S. The van der Waals surface area contributed by atoms with Gasteiger partial charge in [0.05, 0.1) is 5.56 Å². The molecule has 0 fully saturated rings. The van der Waals surface area contributed by atoms with Crippen LogP contribution >= 0.6 is 11.3 Å². The van der Waals surface area contributed by atoms with Crippen molar-refractivity contribution in [2.75, 3.05) is 5.32 Å². The van der Waals surface area contributed by atoms with Gasteiger partial charge in [0.15, 0.2) is 0 Å². The Morgan fingerprint density at radius 2 is 2.29 bits per heavy atom. The molecule has 2 aromatic heterocycles. The van der Waals surface area contributed by atoms with Crippen LogP contribution in [0.5, 0.6) is 0 Å². The van der Waals surface area contributed by atoms with Gasteiger partial charge in [-0.25, -0.2) is 4.98 Å². The smallest absolute Gasteiger partial charge is 0.144 e. The number of aryl methyl sites for hydroxylation is 2. The second kappa shape index (κ2) is 4.98. The summed E-state index contributed by atoms with van der Waals surface area (Å²) in [5, 5.41) is 16.5. The molecular weight excluding hydrogens is 230 g/mol. The van der Waals surface area contributed by atoms with Crippen LogP contribution in [-0.4, -0.2) is 4.98 Å². The summed E-state index contributed by atoms with van der Waals surface area (Å²) in [6, 6.07) is 6.19. The van der Waals surface area contributed by atoms with Gasteiger partial charge in [-0.05, 0) is 47.9 Å². The van der Waals surface area contributed by atoms with Crippen LogP contribution in [0, 0.1) is 25.2 Å². The van der Waals surface area contributed by atoms with E-state index in [1.54, 1.807) is 11.3 Å². The van der Waals surface area contributed by atoms with Gasteiger partial charge in [-0.1, -0.05) is 0 Å². The van der Waals surface area contributed by atoms with E-state index >= 15 is 0 Å². The van der Waals surface area contributed by atoms with Crippen LogP contribution in [0.15, 0.2) is 22.9 Å². The topological polar surface area (TPSA) is 48.7 Å². The molecule has 0 aliphatic rings. The lowest BCUT2D eigenvalue weighted by molar-refractivity contribution is 1.08. The van der Waals surface area contributed by atoms with Gasteiger partial charge in [0.1, 0.15) is 11.9 Å². The second-order valence-electron chi connectivity index (χ2n) is 3.90. The maximum absolute atomic E-state index is 9.12. The first-order valence-electron chi connectivity index (χ1n) is 5.34. The molecule has 2 aromatic rings. The molecule has 0 radical (unpaired) electrons. The number of nitriles is 1. The normalized spacial score (nSPS) is 9.94. The second-order valence-corrected chi connectivity index (χ2v) is 4.68. The zero-order chi connectivity index (χ0) is 12.3. The molecule has 0 aliphatic heterocycles. The van der Waals surface area contributed by atoms with E-state index < -0.39 is 0 Å². The highest BCUT2D eigenvalue weighted by Crippen LogP contribution is 2.18. The summed E-state index contributed by atoms with van der Waals surface area (Å²) in [6.07, 6.45) is 0. The summed E-state index contributed by atoms with van der Waals surface area (Å²) >= 11 is 1.67. The molecule has 0 saturated heterocycles. The number of anilines is 1. The van der Waals surface area contributed by atoms with Crippen molar-refractivity contribution in [1.82, 2.24) is 4.98 Å². The van der Waals surface area contributed by atoms with Crippen LogP contribution < -0.4 is 5.32 Å². The van der Waals surface area contributed by atoms with Gasteiger partial charge in [0.25, 0.3) is 0 Å². The third kappa shape index (κ3) is 2.63. The van der Waals surface area contributed by atoms with E-state index in [-0.39, 0.29) is 0 Å². The third-order valence-electron chi connectivity index (χ3n) is 2.50. The molecule has 17 heavy (non-hydrogen) atoms. The molecule has 2 heterocycles. The largest absolute Gasteiger partial charge is 0.365 e. The predicted octanol–water partition coefficient (Wildman–Crippen LogP) is 3.24. The monoisotopic (exact) mass is 243 g/mol. The zero-order valence-corrected chi connectivity index (χ0v) is 10.6. The molecule has 2 rings (SSSR count). The predicted molar refractivity (Wildman–Crippen MR) is 70.1 cm³/mol. The zero-order valence-electron chi connectivity index (χ0n) is 9.82. The average molecular weight is 243 g/mol. The van der Waals surface area contributed by atoms with E-state index in [9.17, 15) is 0 Å². The summed E-state index contributed by atoms with van der Waals surface area (Å²) in [7, 11) is 0. The van der Waals surface area contributed by atoms with Crippen LogP contribution in [0.25, 0.3) is 0 Å². The Bertz CT molecular complexity index is 553. The Hall–Kier alpha value is -1.86. The minimum absolute atomic E-state index is 0.630. The van der Waals surface area contributed by atoms with Crippen molar-refractivity contribution in [1.29, 1.82) is 5.26 Å². The highest BCUT2D eigenvalue weighted by atomic mass is 32.1. The van der Waals surface area contributed by atoms with Gasteiger partial charge in [-0.2, -0.15) is 16.6 Å². The van der Waals surface area contributed by atoms with Crippen LogP contribution in [0.3, 0.4) is 0 Å². The number of rotatable bonds is 3. The lowest BCUT2D eigenvalue weighted by Gasteiger charge is -2.09. The number of aromatic nitrogens is 1. The van der Waals surface area contributed by atoms with Crippen LogP contribution in [0.4, 0.5) is 5.82 Å². The molecule has 0 amide bonds. The number of thiophene rings is 1. The minimum Gasteiger partial charge on any atom is -0.365 e. The highest BCUT2D eigenvalue weighted by Gasteiger charge is 2.07. The first-order chi connectivity index (χ1) is 8.20. The van der Waals surface area contributed by atoms with Crippen LogP contribution in [-0.2, 0) is 6.54 Å². The minimum atomic E-state index is 0.630. The lowest BCUT2D eigenvalue weighted by Crippen LogP contribution is -2.05. The van der Waals surface area contributed by atoms with Gasteiger partial charge in [0, 0.05) is 12.2 Å². The van der Waals surface area contributed by atoms with Gasteiger partial charge >= 0.3 is 0 Å². The summed E-state index contributed by atoms with van der Waals surface area (Å²) in [5.41, 5.74) is 3.73. The maximum Gasteiger partial charge on any atom is 0.144 e. The van der Waals surface area contributed by atoms with E-state index in [0.29, 0.717) is 17.9 Å². The molecule has 4 heteroatoms. The number of hydrogen-bond acceptors (Lipinski definition) is 4. The lowest BCUT2D eigenvalue weighted by atomic mass is 10.1. The SMILES string of the molecule is Cc1cc(C)c(C#N)c(NCc2ccsc2)n1. The summed E-state index contributed by atoms with van der Waals surface area (Å²) < 4.78 is 0. The van der Waals surface area contributed by atoms with E-state index in [2.05, 4.69) is 27.8 Å². The van der Waals surface area contributed by atoms with Crippen molar-refractivity contribution >= 4 is 17.2 Å². The van der Waals surface area contributed by atoms with Crippen molar-refractivity contribution in [3.63, 3.8) is 0 Å². The fourth-order valence-electron chi connectivity index (χ4n) is 1.68. The van der Waals surface area contributed by atoms with E-state index in [4.69, 9.17) is 5.26 Å². The third-order valence-corrected chi connectivity index (χ3v) is 3.23. The quantitative estimate of drug-likeness (QED) is 0.900. The molecule has 86 valence electrons. The van der Waals surface area contributed by atoms with Gasteiger partial charge in [-0.3, -0.25) is 0 Å². The summed E-state index contributed by atoms with van der Waals surface area (Å²) in [5.74, 6) is 0.677. The summed E-state index contributed by atoms with van der Waals surface area (Å²) in [4.78, 5) is 4.37. The molecule has 0 aliphatic carbocycles. The Balaban J connectivity index is 2.23. The highest BCUT2D eigenvalue weighted by molar-refractivity contribution is 7.07. The Morgan fingerprint density at radius 1 is 1.47 bits per heavy atom. The Morgan fingerprint density at radius 3 is 2.94 bits per heavy atom. The fraction of sp³-hybridized carbons (Fsp3) is 0.231. The van der Waals surface area contributed by atoms with Crippen molar-refractivity contribution in [2.24, 2.45) is 0 Å². The molecule has 0 aromatic carbocycles. The molecule has 0 bridgehead atoms.